The summed E-state index contributed by atoms with van der Waals surface area (Å²) in [6.45, 7) is 2.10. The Morgan fingerprint density at radius 1 is 1.14 bits per heavy atom. The lowest BCUT2D eigenvalue weighted by Gasteiger charge is -2.01. The van der Waals surface area contributed by atoms with Gasteiger partial charge in [0, 0.05) is 6.42 Å². The molecular formula is C18H30O4. The van der Waals surface area contributed by atoms with Crippen LogP contribution in [0, 0.1) is 0 Å². The van der Waals surface area contributed by atoms with Crippen LogP contribution in [-0.2, 0) is 9.53 Å². The first-order valence-corrected chi connectivity index (χ1v) is 8.52. The van der Waals surface area contributed by atoms with Gasteiger partial charge < -0.3 is 14.9 Å². The van der Waals surface area contributed by atoms with Crippen LogP contribution >= 0.6 is 0 Å². The van der Waals surface area contributed by atoms with Gasteiger partial charge in [-0.25, -0.2) is 0 Å². The molecule has 1 aliphatic rings. The van der Waals surface area contributed by atoms with Gasteiger partial charge in [-0.15, -0.1) is 0 Å². The highest BCUT2D eigenvalue weighted by molar-refractivity contribution is 5.66. The maximum absolute atomic E-state index is 10.4. The number of carboxylic acids is 1. The zero-order valence-corrected chi connectivity index (χ0v) is 13.6. The minimum absolute atomic E-state index is 0.0292. The van der Waals surface area contributed by atoms with Gasteiger partial charge in [0.05, 0.1) is 6.10 Å². The van der Waals surface area contributed by atoms with E-state index in [0.717, 1.165) is 51.4 Å². The fourth-order valence-electron chi connectivity index (χ4n) is 2.51. The van der Waals surface area contributed by atoms with E-state index >= 15 is 0 Å². The van der Waals surface area contributed by atoms with Gasteiger partial charge in [0.15, 0.2) is 0 Å². The molecule has 3 unspecified atom stereocenters. The molecule has 1 fully saturated rings. The summed E-state index contributed by atoms with van der Waals surface area (Å²) in [5, 5.41) is 18.5. The normalized spacial score (nSPS) is 22.5. The molecule has 0 spiro atoms. The number of carbonyl (C=O) groups is 1. The lowest BCUT2D eigenvalue weighted by molar-refractivity contribution is -0.137. The van der Waals surface area contributed by atoms with Gasteiger partial charge in [-0.1, -0.05) is 56.9 Å². The molecule has 0 aromatic carbocycles. The molecule has 0 radical (unpaired) electrons. The third-order valence-electron chi connectivity index (χ3n) is 3.85. The van der Waals surface area contributed by atoms with Gasteiger partial charge in [-0.3, -0.25) is 4.79 Å². The van der Waals surface area contributed by atoms with Crippen molar-refractivity contribution in [2.75, 3.05) is 0 Å². The largest absolute Gasteiger partial charge is 0.481 e. The molecule has 0 aromatic rings. The molecule has 3 atom stereocenters. The van der Waals surface area contributed by atoms with E-state index in [4.69, 9.17) is 9.84 Å². The number of hydrogen-bond acceptors (Lipinski definition) is 3. The number of aliphatic carboxylic acids is 1. The molecule has 0 saturated carbocycles. The molecule has 0 amide bonds. The number of allylic oxidation sites excluding steroid dienone is 3. The van der Waals surface area contributed by atoms with Crippen LogP contribution in [0.25, 0.3) is 0 Å². The van der Waals surface area contributed by atoms with E-state index in [9.17, 15) is 9.90 Å². The predicted octanol–water partition coefficient (Wildman–Crippen LogP) is 3.84. The smallest absolute Gasteiger partial charge is 0.303 e. The van der Waals surface area contributed by atoms with E-state index < -0.39 is 12.1 Å². The van der Waals surface area contributed by atoms with Crippen molar-refractivity contribution in [1.29, 1.82) is 0 Å². The van der Waals surface area contributed by atoms with Gasteiger partial charge >= 0.3 is 5.97 Å². The Morgan fingerprint density at radius 3 is 2.59 bits per heavy atom. The SMILES string of the molecule is CCC=CCC=CC(O)C1OC1CCCCCCCC(=O)O. The number of unbranched alkanes of at least 4 members (excludes halogenated alkanes) is 4. The van der Waals surface area contributed by atoms with Crippen LogP contribution in [0.5, 0.6) is 0 Å². The van der Waals surface area contributed by atoms with Crippen LogP contribution < -0.4 is 0 Å². The maximum atomic E-state index is 10.4. The first-order valence-electron chi connectivity index (χ1n) is 8.52. The average molecular weight is 310 g/mol. The van der Waals surface area contributed by atoms with E-state index in [1.807, 2.05) is 12.2 Å². The van der Waals surface area contributed by atoms with E-state index in [0.29, 0.717) is 0 Å². The number of rotatable bonds is 13. The Labute approximate surface area is 133 Å². The summed E-state index contributed by atoms with van der Waals surface area (Å²) in [6, 6.07) is 0. The van der Waals surface area contributed by atoms with E-state index in [-0.39, 0.29) is 18.6 Å². The van der Waals surface area contributed by atoms with Crippen LogP contribution in [0.1, 0.15) is 64.7 Å². The Morgan fingerprint density at radius 2 is 1.86 bits per heavy atom. The maximum Gasteiger partial charge on any atom is 0.303 e. The lowest BCUT2D eigenvalue weighted by Crippen LogP contribution is -2.13. The van der Waals surface area contributed by atoms with Crippen molar-refractivity contribution in [1.82, 2.24) is 0 Å². The highest BCUT2D eigenvalue weighted by atomic mass is 16.6. The van der Waals surface area contributed by atoms with Crippen molar-refractivity contribution in [3.63, 3.8) is 0 Å². The zero-order valence-electron chi connectivity index (χ0n) is 13.6. The molecule has 1 aliphatic heterocycles. The highest BCUT2D eigenvalue weighted by Gasteiger charge is 2.42. The molecule has 0 aromatic heterocycles. The van der Waals surface area contributed by atoms with Gasteiger partial charge in [0.25, 0.3) is 0 Å². The molecule has 4 heteroatoms. The number of epoxide rings is 1. The number of aliphatic hydroxyl groups is 1. The molecular weight excluding hydrogens is 280 g/mol. The summed E-state index contributed by atoms with van der Waals surface area (Å²) in [4.78, 5) is 10.4. The van der Waals surface area contributed by atoms with Crippen molar-refractivity contribution >= 4 is 5.97 Å². The molecule has 1 saturated heterocycles. The summed E-state index contributed by atoms with van der Waals surface area (Å²) in [7, 11) is 0. The second-order valence-corrected chi connectivity index (χ2v) is 5.87. The molecule has 1 heterocycles. The Hall–Kier alpha value is -1.13. The van der Waals surface area contributed by atoms with Crippen LogP contribution in [-0.4, -0.2) is 34.5 Å². The predicted molar refractivity (Wildman–Crippen MR) is 87.8 cm³/mol. The second kappa shape index (κ2) is 11.4. The summed E-state index contributed by atoms with van der Waals surface area (Å²) < 4.78 is 5.52. The molecule has 0 aliphatic carbocycles. The fourth-order valence-corrected chi connectivity index (χ4v) is 2.51. The molecule has 0 bridgehead atoms. The van der Waals surface area contributed by atoms with Crippen LogP contribution in [0.4, 0.5) is 0 Å². The van der Waals surface area contributed by atoms with Crippen LogP contribution in [0.3, 0.4) is 0 Å². The lowest BCUT2D eigenvalue weighted by atomic mass is 10.1. The number of hydrogen-bond donors (Lipinski definition) is 2. The minimum Gasteiger partial charge on any atom is -0.481 e. The Kier molecular flexibility index (Phi) is 9.84. The van der Waals surface area contributed by atoms with Crippen molar-refractivity contribution in [3.05, 3.63) is 24.3 Å². The van der Waals surface area contributed by atoms with Crippen molar-refractivity contribution < 1.29 is 19.7 Å². The number of carboxylic acid groups (broad SMARTS) is 1. The molecule has 2 N–H and O–H groups in total. The summed E-state index contributed by atoms with van der Waals surface area (Å²) in [5.41, 5.74) is 0. The summed E-state index contributed by atoms with van der Waals surface area (Å²) in [5.74, 6) is -0.707. The molecule has 4 nitrogen and oxygen atoms in total. The fraction of sp³-hybridized carbons (Fsp3) is 0.722. The van der Waals surface area contributed by atoms with E-state index in [2.05, 4.69) is 19.1 Å². The third-order valence-corrected chi connectivity index (χ3v) is 3.85. The van der Waals surface area contributed by atoms with Crippen molar-refractivity contribution in [2.45, 2.75) is 83.0 Å². The zero-order chi connectivity index (χ0) is 16.2. The van der Waals surface area contributed by atoms with E-state index in [1.165, 1.54) is 0 Å². The van der Waals surface area contributed by atoms with Crippen molar-refractivity contribution in [2.24, 2.45) is 0 Å². The summed E-state index contributed by atoms with van der Waals surface area (Å²) in [6.07, 6.45) is 15.9. The first-order chi connectivity index (χ1) is 10.6. The van der Waals surface area contributed by atoms with Crippen LogP contribution in [0.2, 0.25) is 0 Å². The quantitative estimate of drug-likeness (QED) is 0.308. The van der Waals surface area contributed by atoms with Gasteiger partial charge in [0.1, 0.15) is 12.2 Å². The Balaban J connectivity index is 1.97. The number of aliphatic hydroxyl groups excluding tert-OH is 1. The third kappa shape index (κ3) is 9.00. The average Bonchev–Trinajstić information content (AvgIpc) is 3.25. The van der Waals surface area contributed by atoms with Crippen LogP contribution in [0.15, 0.2) is 24.3 Å². The summed E-state index contributed by atoms with van der Waals surface area (Å²) >= 11 is 0. The highest BCUT2D eigenvalue weighted by Crippen LogP contribution is 2.30. The molecule has 22 heavy (non-hydrogen) atoms. The molecule has 126 valence electrons. The monoisotopic (exact) mass is 310 g/mol. The van der Waals surface area contributed by atoms with Gasteiger partial charge in [0.2, 0.25) is 0 Å². The topological polar surface area (TPSA) is 70.1 Å². The Bertz CT molecular complexity index is 362. The first kappa shape index (κ1) is 18.9. The molecule has 1 rings (SSSR count). The van der Waals surface area contributed by atoms with E-state index in [1.54, 1.807) is 0 Å². The number of ether oxygens (including phenoxy) is 1. The minimum atomic E-state index is -0.707. The standard InChI is InChI=1S/C18H30O4/c1-2-3-4-6-9-12-15(19)18-16(22-18)13-10-7-5-8-11-14-17(20)21/h3-4,9,12,15-16,18-19H,2,5-8,10-11,13-14H2,1H3,(H,20,21). The second-order valence-electron chi connectivity index (χ2n) is 5.87. The van der Waals surface area contributed by atoms with Crippen molar-refractivity contribution in [3.8, 4) is 0 Å². The van der Waals surface area contributed by atoms with Gasteiger partial charge in [-0.05, 0) is 25.7 Å². The van der Waals surface area contributed by atoms with Gasteiger partial charge in [-0.2, -0.15) is 0 Å².